The van der Waals surface area contributed by atoms with Crippen LogP contribution in [-0.2, 0) is 24.9 Å². The molecule has 0 bridgehead atoms. The van der Waals surface area contributed by atoms with Gasteiger partial charge in [0.1, 0.15) is 0 Å². The van der Waals surface area contributed by atoms with Crippen molar-refractivity contribution in [3.63, 3.8) is 0 Å². The Labute approximate surface area is 105 Å². The summed E-state index contributed by atoms with van der Waals surface area (Å²) >= 11 is 0. The number of aromatic nitrogens is 3. The number of hydrogen-bond donors (Lipinski definition) is 0. The average Bonchev–Trinajstić information content (AvgIpc) is 2.65. The molecule has 0 unspecified atom stereocenters. The third-order valence-electron chi connectivity index (χ3n) is 3.08. The molecule has 1 aromatic rings. The molecule has 18 heavy (non-hydrogen) atoms. The number of amides is 1. The number of nitrogens with zero attached hydrogens (tertiary/aromatic N) is 4. The van der Waals surface area contributed by atoms with E-state index in [1.54, 1.807) is 16.5 Å². The SMILES string of the molecule is C#CCCCC(=O)N1CCn2c(nn(C)c2=O)C1. The van der Waals surface area contributed by atoms with E-state index in [1.165, 1.54) is 4.68 Å². The van der Waals surface area contributed by atoms with E-state index < -0.39 is 0 Å². The van der Waals surface area contributed by atoms with Gasteiger partial charge in [0, 0.05) is 33.0 Å². The van der Waals surface area contributed by atoms with Gasteiger partial charge in [-0.1, -0.05) is 0 Å². The summed E-state index contributed by atoms with van der Waals surface area (Å²) < 4.78 is 2.92. The lowest BCUT2D eigenvalue weighted by Gasteiger charge is -2.26. The molecule has 0 aromatic carbocycles. The highest BCUT2D eigenvalue weighted by atomic mass is 16.2. The molecule has 1 aliphatic heterocycles. The topological polar surface area (TPSA) is 60.1 Å². The van der Waals surface area contributed by atoms with Crippen LogP contribution in [0.15, 0.2) is 4.79 Å². The van der Waals surface area contributed by atoms with Crippen molar-refractivity contribution in [1.29, 1.82) is 0 Å². The third-order valence-corrected chi connectivity index (χ3v) is 3.08. The van der Waals surface area contributed by atoms with Crippen LogP contribution in [0.1, 0.15) is 25.1 Å². The summed E-state index contributed by atoms with van der Waals surface area (Å²) in [7, 11) is 1.62. The smallest absolute Gasteiger partial charge is 0.333 e. The van der Waals surface area contributed by atoms with Crippen LogP contribution >= 0.6 is 0 Å². The van der Waals surface area contributed by atoms with E-state index in [0.29, 0.717) is 44.7 Å². The van der Waals surface area contributed by atoms with E-state index in [0.717, 1.165) is 0 Å². The molecule has 6 nitrogen and oxygen atoms in total. The predicted octanol–water partition coefficient (Wildman–Crippen LogP) is -0.273. The van der Waals surface area contributed by atoms with Crippen molar-refractivity contribution in [3.05, 3.63) is 16.3 Å². The zero-order valence-corrected chi connectivity index (χ0v) is 10.4. The number of terminal acetylenes is 1. The summed E-state index contributed by atoms with van der Waals surface area (Å²) in [4.78, 5) is 25.3. The second kappa shape index (κ2) is 5.08. The van der Waals surface area contributed by atoms with Crippen molar-refractivity contribution in [3.8, 4) is 12.3 Å². The first kappa shape index (κ1) is 12.4. The number of hydrogen-bond acceptors (Lipinski definition) is 3. The van der Waals surface area contributed by atoms with Gasteiger partial charge in [0.25, 0.3) is 0 Å². The molecule has 6 heteroatoms. The third kappa shape index (κ3) is 2.30. The second-order valence-corrected chi connectivity index (χ2v) is 4.35. The van der Waals surface area contributed by atoms with Crippen LogP contribution in [-0.4, -0.2) is 31.7 Å². The van der Waals surface area contributed by atoms with Gasteiger partial charge in [0.15, 0.2) is 5.82 Å². The van der Waals surface area contributed by atoms with Gasteiger partial charge in [0.05, 0.1) is 6.54 Å². The van der Waals surface area contributed by atoms with Crippen molar-refractivity contribution in [2.75, 3.05) is 6.54 Å². The molecule has 0 fully saturated rings. The quantitative estimate of drug-likeness (QED) is 0.546. The fourth-order valence-electron chi connectivity index (χ4n) is 2.08. The molecule has 0 aliphatic carbocycles. The normalized spacial score (nSPS) is 14.1. The van der Waals surface area contributed by atoms with Crippen LogP contribution in [0.25, 0.3) is 0 Å². The number of carbonyl (C=O) groups excluding carboxylic acids is 1. The maximum Gasteiger partial charge on any atom is 0.345 e. The van der Waals surface area contributed by atoms with Gasteiger partial charge in [-0.15, -0.1) is 12.3 Å². The fraction of sp³-hybridized carbons (Fsp3) is 0.583. The Hall–Kier alpha value is -2.03. The van der Waals surface area contributed by atoms with E-state index in [-0.39, 0.29) is 11.6 Å². The van der Waals surface area contributed by atoms with Crippen LogP contribution in [0.5, 0.6) is 0 Å². The Morgan fingerprint density at radius 3 is 3.00 bits per heavy atom. The first-order valence-corrected chi connectivity index (χ1v) is 5.97. The summed E-state index contributed by atoms with van der Waals surface area (Å²) in [5.74, 6) is 3.25. The van der Waals surface area contributed by atoms with Crippen molar-refractivity contribution < 1.29 is 4.79 Å². The average molecular weight is 248 g/mol. The van der Waals surface area contributed by atoms with E-state index in [1.807, 2.05) is 0 Å². The molecule has 96 valence electrons. The second-order valence-electron chi connectivity index (χ2n) is 4.35. The Kier molecular flexibility index (Phi) is 3.51. The van der Waals surface area contributed by atoms with Gasteiger partial charge >= 0.3 is 5.69 Å². The zero-order valence-electron chi connectivity index (χ0n) is 10.4. The molecule has 0 N–H and O–H groups in total. The molecule has 1 amide bonds. The molecule has 1 aliphatic rings. The Balaban J connectivity index is 2.02. The molecule has 0 saturated carbocycles. The molecule has 0 radical (unpaired) electrons. The maximum atomic E-state index is 11.9. The van der Waals surface area contributed by atoms with Crippen molar-refractivity contribution in [1.82, 2.24) is 19.2 Å². The van der Waals surface area contributed by atoms with Crippen LogP contribution in [0.3, 0.4) is 0 Å². The highest BCUT2D eigenvalue weighted by Gasteiger charge is 2.23. The Morgan fingerprint density at radius 2 is 2.28 bits per heavy atom. The molecule has 2 rings (SSSR count). The lowest BCUT2D eigenvalue weighted by Crippen LogP contribution is -2.40. The molecule has 0 spiro atoms. The summed E-state index contributed by atoms with van der Waals surface area (Å²) in [5, 5.41) is 4.12. The lowest BCUT2D eigenvalue weighted by molar-refractivity contribution is -0.132. The van der Waals surface area contributed by atoms with Crippen LogP contribution in [0, 0.1) is 12.3 Å². The van der Waals surface area contributed by atoms with E-state index in [9.17, 15) is 9.59 Å². The van der Waals surface area contributed by atoms with Crippen LogP contribution in [0.2, 0.25) is 0 Å². The Morgan fingerprint density at radius 1 is 1.50 bits per heavy atom. The largest absolute Gasteiger partial charge is 0.345 e. The van der Waals surface area contributed by atoms with Crippen molar-refractivity contribution >= 4 is 5.91 Å². The Bertz CT molecular complexity index is 549. The monoisotopic (exact) mass is 248 g/mol. The number of unbranched alkanes of at least 4 members (excludes halogenated alkanes) is 1. The highest BCUT2D eigenvalue weighted by Crippen LogP contribution is 2.10. The molecular formula is C12H16N4O2. The number of rotatable bonds is 3. The first-order valence-electron chi connectivity index (χ1n) is 5.97. The molecular weight excluding hydrogens is 232 g/mol. The van der Waals surface area contributed by atoms with Gasteiger partial charge in [-0.05, 0) is 6.42 Å². The van der Waals surface area contributed by atoms with Gasteiger partial charge < -0.3 is 4.90 Å². The van der Waals surface area contributed by atoms with E-state index in [4.69, 9.17) is 6.42 Å². The van der Waals surface area contributed by atoms with Gasteiger partial charge in [0.2, 0.25) is 5.91 Å². The predicted molar refractivity (Wildman–Crippen MR) is 65.6 cm³/mol. The molecule has 0 atom stereocenters. The maximum absolute atomic E-state index is 11.9. The zero-order chi connectivity index (χ0) is 13.1. The minimum absolute atomic E-state index is 0.0783. The van der Waals surface area contributed by atoms with Crippen molar-refractivity contribution in [2.45, 2.75) is 32.4 Å². The summed E-state index contributed by atoms with van der Waals surface area (Å²) in [5.41, 5.74) is -0.121. The number of carbonyl (C=O) groups is 1. The summed E-state index contributed by atoms with van der Waals surface area (Å²) in [6.45, 7) is 1.49. The van der Waals surface area contributed by atoms with Gasteiger partial charge in [-0.2, -0.15) is 5.10 Å². The number of fused-ring (bicyclic) bond motifs is 1. The van der Waals surface area contributed by atoms with E-state index in [2.05, 4.69) is 11.0 Å². The van der Waals surface area contributed by atoms with Gasteiger partial charge in [-0.25, -0.2) is 9.48 Å². The lowest BCUT2D eigenvalue weighted by atomic mass is 10.2. The molecule has 0 saturated heterocycles. The highest BCUT2D eigenvalue weighted by molar-refractivity contribution is 5.76. The molecule has 2 heterocycles. The van der Waals surface area contributed by atoms with Crippen molar-refractivity contribution in [2.24, 2.45) is 7.05 Å². The summed E-state index contributed by atoms with van der Waals surface area (Å²) in [6.07, 6.45) is 6.94. The standard InChI is InChI=1S/C12H16N4O2/c1-3-4-5-6-11(17)15-7-8-16-10(9-15)13-14(2)12(16)18/h1H,4-9H2,2H3. The molecule has 1 aromatic heterocycles. The van der Waals surface area contributed by atoms with Crippen LogP contribution in [0.4, 0.5) is 0 Å². The fourth-order valence-corrected chi connectivity index (χ4v) is 2.08. The first-order chi connectivity index (χ1) is 8.63. The van der Waals surface area contributed by atoms with Gasteiger partial charge in [-0.3, -0.25) is 9.36 Å². The van der Waals surface area contributed by atoms with Crippen LogP contribution < -0.4 is 5.69 Å². The van der Waals surface area contributed by atoms with E-state index >= 15 is 0 Å². The minimum atomic E-state index is -0.121. The number of aryl methyl sites for hydroxylation is 1. The summed E-state index contributed by atoms with van der Waals surface area (Å²) in [6, 6.07) is 0. The minimum Gasteiger partial charge on any atom is -0.333 e.